The smallest absolute Gasteiger partial charge is 0.224 e. The van der Waals surface area contributed by atoms with E-state index in [-0.39, 0.29) is 18.0 Å². The Hall–Kier alpha value is -1.61. The minimum Gasteiger partial charge on any atom is -0.331 e. The zero-order chi connectivity index (χ0) is 14.0. The van der Waals surface area contributed by atoms with Crippen molar-refractivity contribution in [1.29, 1.82) is 0 Å². The average Bonchev–Trinajstić information content (AvgIpc) is 2.36. The molecule has 3 nitrogen and oxygen atoms in total. The molecule has 0 aromatic heterocycles. The van der Waals surface area contributed by atoms with Gasteiger partial charge in [-0.05, 0) is 31.4 Å². The van der Waals surface area contributed by atoms with Crippen LogP contribution < -0.4 is 5.73 Å². The lowest BCUT2D eigenvalue weighted by Crippen LogP contribution is -2.46. The van der Waals surface area contributed by atoms with Crippen LogP contribution in [0.4, 0.5) is 0 Å². The van der Waals surface area contributed by atoms with Crippen molar-refractivity contribution in [3.05, 3.63) is 47.5 Å². The summed E-state index contributed by atoms with van der Waals surface area (Å²) < 4.78 is 0. The van der Waals surface area contributed by atoms with E-state index in [9.17, 15) is 4.79 Å². The third-order valence-corrected chi connectivity index (χ3v) is 3.63. The lowest BCUT2D eigenvalue weighted by Gasteiger charge is -2.38. The lowest BCUT2D eigenvalue weighted by molar-refractivity contribution is -0.134. The van der Waals surface area contributed by atoms with Crippen molar-refractivity contribution in [2.24, 2.45) is 5.73 Å². The molecule has 0 fully saturated rings. The molecule has 1 heterocycles. The van der Waals surface area contributed by atoms with Gasteiger partial charge in [0.15, 0.2) is 0 Å². The second-order valence-electron chi connectivity index (χ2n) is 5.54. The maximum absolute atomic E-state index is 12.3. The number of carbonyl (C=O) groups is 1. The summed E-state index contributed by atoms with van der Waals surface area (Å²) in [5.74, 6) is 0.123. The molecule has 1 amide bonds. The van der Waals surface area contributed by atoms with Crippen LogP contribution >= 0.6 is 0 Å². The van der Waals surface area contributed by atoms with Gasteiger partial charge in [0.2, 0.25) is 5.91 Å². The number of hydrogen-bond donors (Lipinski definition) is 1. The van der Waals surface area contributed by atoms with E-state index in [0.29, 0.717) is 13.0 Å². The number of amides is 1. The summed E-state index contributed by atoms with van der Waals surface area (Å²) in [6, 6.07) is 8.30. The minimum absolute atomic E-state index is 0.0983. The highest BCUT2D eigenvalue weighted by atomic mass is 16.2. The van der Waals surface area contributed by atoms with Crippen molar-refractivity contribution < 1.29 is 4.79 Å². The van der Waals surface area contributed by atoms with Crippen LogP contribution in [0.1, 0.15) is 31.4 Å². The molecule has 0 bridgehead atoms. The van der Waals surface area contributed by atoms with Gasteiger partial charge in [-0.15, -0.1) is 0 Å². The van der Waals surface area contributed by atoms with E-state index >= 15 is 0 Å². The second-order valence-corrected chi connectivity index (χ2v) is 5.54. The number of benzene rings is 1. The second kappa shape index (κ2) is 5.57. The fourth-order valence-corrected chi connectivity index (χ4v) is 2.62. The first-order valence-corrected chi connectivity index (χ1v) is 6.76. The van der Waals surface area contributed by atoms with Crippen molar-refractivity contribution >= 4 is 5.91 Å². The van der Waals surface area contributed by atoms with Crippen molar-refractivity contribution in [1.82, 2.24) is 4.90 Å². The summed E-state index contributed by atoms with van der Waals surface area (Å²) in [7, 11) is 0. The van der Waals surface area contributed by atoms with Crippen LogP contribution in [-0.2, 0) is 17.8 Å². The van der Waals surface area contributed by atoms with Gasteiger partial charge in [0.05, 0.1) is 6.04 Å². The highest BCUT2D eigenvalue weighted by Crippen LogP contribution is 2.27. The summed E-state index contributed by atoms with van der Waals surface area (Å²) in [6.45, 7) is 8.56. The molecule has 2 atom stereocenters. The van der Waals surface area contributed by atoms with E-state index in [1.165, 1.54) is 11.1 Å². The monoisotopic (exact) mass is 258 g/mol. The summed E-state index contributed by atoms with van der Waals surface area (Å²) in [5, 5.41) is 0. The number of carbonyl (C=O) groups excluding carboxylic acids is 1. The van der Waals surface area contributed by atoms with Gasteiger partial charge in [-0.1, -0.05) is 36.4 Å². The van der Waals surface area contributed by atoms with Crippen LogP contribution in [0.2, 0.25) is 0 Å². The maximum Gasteiger partial charge on any atom is 0.224 e. The Morgan fingerprint density at radius 2 is 2.11 bits per heavy atom. The van der Waals surface area contributed by atoms with Crippen LogP contribution in [-0.4, -0.2) is 22.9 Å². The van der Waals surface area contributed by atoms with Crippen LogP contribution in [0.15, 0.2) is 36.4 Å². The Labute approximate surface area is 115 Å². The van der Waals surface area contributed by atoms with Crippen molar-refractivity contribution in [3.63, 3.8) is 0 Å². The standard InChI is InChI=1S/C16H22N2O/c1-11(2)15-9-13-6-4-5-7-14(13)10-18(15)16(19)8-12(3)17/h4-7,12,15H,1,8-10,17H2,2-3H3/t12?,15-/m0/s1. The Bertz CT molecular complexity index is 493. The molecule has 0 saturated heterocycles. The predicted octanol–water partition coefficient (Wildman–Crippen LogP) is 2.25. The quantitative estimate of drug-likeness (QED) is 0.845. The maximum atomic E-state index is 12.3. The molecule has 2 rings (SSSR count). The van der Waals surface area contributed by atoms with Crippen molar-refractivity contribution in [3.8, 4) is 0 Å². The predicted molar refractivity (Wildman–Crippen MR) is 77.6 cm³/mol. The van der Waals surface area contributed by atoms with Gasteiger partial charge in [0.1, 0.15) is 0 Å². The van der Waals surface area contributed by atoms with Gasteiger partial charge in [0, 0.05) is 19.0 Å². The van der Waals surface area contributed by atoms with Gasteiger partial charge in [0.25, 0.3) is 0 Å². The summed E-state index contributed by atoms with van der Waals surface area (Å²) in [6.07, 6.45) is 1.25. The molecule has 1 aromatic rings. The molecular weight excluding hydrogens is 236 g/mol. The number of hydrogen-bond acceptors (Lipinski definition) is 2. The molecule has 1 aromatic carbocycles. The first-order chi connectivity index (χ1) is 8.99. The topological polar surface area (TPSA) is 46.3 Å². The van der Waals surface area contributed by atoms with E-state index in [2.05, 4.69) is 18.7 Å². The van der Waals surface area contributed by atoms with E-state index in [1.807, 2.05) is 30.9 Å². The van der Waals surface area contributed by atoms with E-state index in [1.54, 1.807) is 0 Å². The summed E-state index contributed by atoms with van der Waals surface area (Å²) in [4.78, 5) is 14.3. The van der Waals surface area contributed by atoms with Gasteiger partial charge in [-0.2, -0.15) is 0 Å². The average molecular weight is 258 g/mol. The van der Waals surface area contributed by atoms with Gasteiger partial charge >= 0.3 is 0 Å². The molecule has 1 aliphatic rings. The minimum atomic E-state index is -0.101. The molecule has 3 heteroatoms. The Morgan fingerprint density at radius 1 is 1.47 bits per heavy atom. The lowest BCUT2D eigenvalue weighted by atomic mass is 9.90. The van der Waals surface area contributed by atoms with E-state index in [0.717, 1.165) is 12.0 Å². The fraction of sp³-hybridized carbons (Fsp3) is 0.438. The third kappa shape index (κ3) is 3.04. The number of rotatable bonds is 3. The van der Waals surface area contributed by atoms with Crippen LogP contribution in [0, 0.1) is 0 Å². The molecule has 1 unspecified atom stereocenters. The number of fused-ring (bicyclic) bond motifs is 1. The zero-order valence-corrected chi connectivity index (χ0v) is 11.7. The molecule has 19 heavy (non-hydrogen) atoms. The third-order valence-electron chi connectivity index (χ3n) is 3.63. The van der Waals surface area contributed by atoms with Crippen LogP contribution in [0.25, 0.3) is 0 Å². The van der Waals surface area contributed by atoms with E-state index in [4.69, 9.17) is 5.73 Å². The largest absolute Gasteiger partial charge is 0.331 e. The zero-order valence-electron chi connectivity index (χ0n) is 11.7. The molecule has 0 spiro atoms. The molecular formula is C16H22N2O. The first-order valence-electron chi connectivity index (χ1n) is 6.76. The van der Waals surface area contributed by atoms with Gasteiger partial charge < -0.3 is 10.6 Å². The summed E-state index contributed by atoms with van der Waals surface area (Å²) >= 11 is 0. The SMILES string of the molecule is C=C(C)[C@@H]1Cc2ccccc2CN1C(=O)CC(C)N. The Morgan fingerprint density at radius 3 is 2.68 bits per heavy atom. The Kier molecular flexibility index (Phi) is 4.05. The van der Waals surface area contributed by atoms with E-state index < -0.39 is 0 Å². The molecule has 102 valence electrons. The van der Waals surface area contributed by atoms with Crippen LogP contribution in [0.3, 0.4) is 0 Å². The van der Waals surface area contributed by atoms with Gasteiger partial charge in [-0.25, -0.2) is 0 Å². The summed E-state index contributed by atoms with van der Waals surface area (Å²) in [5.41, 5.74) is 9.34. The highest BCUT2D eigenvalue weighted by Gasteiger charge is 2.29. The van der Waals surface area contributed by atoms with Crippen LogP contribution in [0.5, 0.6) is 0 Å². The molecule has 1 aliphatic heterocycles. The highest BCUT2D eigenvalue weighted by molar-refractivity contribution is 5.78. The molecule has 0 aliphatic carbocycles. The number of nitrogens with two attached hydrogens (primary N) is 1. The molecule has 0 saturated carbocycles. The molecule has 2 N–H and O–H groups in total. The van der Waals surface area contributed by atoms with Gasteiger partial charge in [-0.3, -0.25) is 4.79 Å². The first kappa shape index (κ1) is 13.8. The molecule has 0 radical (unpaired) electrons. The van der Waals surface area contributed by atoms with Crippen molar-refractivity contribution in [2.45, 2.75) is 45.3 Å². The fourth-order valence-electron chi connectivity index (χ4n) is 2.62. The van der Waals surface area contributed by atoms with Crippen molar-refractivity contribution in [2.75, 3.05) is 0 Å². The Balaban J connectivity index is 2.26. The number of nitrogens with zero attached hydrogens (tertiary/aromatic N) is 1. The normalized spacial score (nSPS) is 19.7.